The molecule has 1 aromatic rings. The van der Waals surface area contributed by atoms with E-state index in [4.69, 9.17) is 9.47 Å². The highest BCUT2D eigenvalue weighted by Gasteiger charge is 2.29. The zero-order valence-corrected chi connectivity index (χ0v) is 8.40. The monoisotopic (exact) mass is 191 g/mol. The van der Waals surface area contributed by atoms with Crippen molar-refractivity contribution in [3.8, 4) is 11.5 Å². The minimum Gasteiger partial charge on any atom is -0.497 e. The predicted molar refractivity (Wildman–Crippen MR) is 55.5 cm³/mol. The number of methoxy groups -OCH3 is 1. The fourth-order valence-corrected chi connectivity index (χ4v) is 1.39. The Bertz CT molecular complexity index is 288. The molecule has 1 aromatic carbocycles. The Kier molecular flexibility index (Phi) is 2.62. The normalized spacial score (nSPS) is 17.6. The second kappa shape index (κ2) is 3.91. The largest absolute Gasteiger partial charge is 0.497 e. The fourth-order valence-electron chi connectivity index (χ4n) is 1.39. The van der Waals surface area contributed by atoms with Crippen LogP contribution in [0, 0.1) is 12.8 Å². The highest BCUT2D eigenvalue weighted by atomic mass is 16.5. The van der Waals surface area contributed by atoms with Crippen LogP contribution in [0.5, 0.6) is 11.5 Å². The van der Waals surface area contributed by atoms with Gasteiger partial charge in [-0.2, -0.15) is 0 Å². The quantitative estimate of drug-likeness (QED) is 0.728. The van der Waals surface area contributed by atoms with E-state index < -0.39 is 0 Å². The van der Waals surface area contributed by atoms with Gasteiger partial charge in [-0.1, -0.05) is 0 Å². The van der Waals surface area contributed by atoms with Gasteiger partial charge in [0.15, 0.2) is 0 Å². The predicted octanol–water partition coefficient (Wildman–Crippen LogP) is 2.69. The molecule has 1 aliphatic carbocycles. The zero-order chi connectivity index (χ0) is 9.97. The molecule has 1 atom stereocenters. The Morgan fingerprint density at radius 2 is 1.79 bits per heavy atom. The van der Waals surface area contributed by atoms with E-state index in [1.54, 1.807) is 7.11 Å². The molecule has 0 bridgehead atoms. The molecule has 2 heteroatoms. The lowest BCUT2D eigenvalue weighted by Crippen LogP contribution is -2.14. The van der Waals surface area contributed by atoms with Crippen molar-refractivity contribution in [2.75, 3.05) is 7.11 Å². The van der Waals surface area contributed by atoms with Gasteiger partial charge in [0, 0.05) is 0 Å². The Hall–Kier alpha value is -1.18. The molecule has 2 rings (SSSR count). The molecule has 0 aliphatic heterocycles. The highest BCUT2D eigenvalue weighted by molar-refractivity contribution is 5.31. The smallest absolute Gasteiger partial charge is 0.120 e. The molecule has 0 saturated heterocycles. The average molecular weight is 191 g/mol. The van der Waals surface area contributed by atoms with Crippen LogP contribution in [0.15, 0.2) is 24.3 Å². The summed E-state index contributed by atoms with van der Waals surface area (Å²) in [5.41, 5.74) is 0. The van der Waals surface area contributed by atoms with Gasteiger partial charge in [0.25, 0.3) is 0 Å². The first-order valence-corrected chi connectivity index (χ1v) is 4.93. The Labute approximate surface area is 84.8 Å². The SMILES string of the molecule is [CH2]C(Oc1ccc(OC)cc1)C1CC1. The van der Waals surface area contributed by atoms with Gasteiger partial charge in [-0.3, -0.25) is 0 Å². The van der Waals surface area contributed by atoms with Gasteiger partial charge in [-0.05, 0) is 49.9 Å². The van der Waals surface area contributed by atoms with Gasteiger partial charge in [-0.25, -0.2) is 0 Å². The van der Waals surface area contributed by atoms with E-state index in [1.807, 2.05) is 24.3 Å². The average Bonchev–Trinajstić information content (AvgIpc) is 3.02. The maximum Gasteiger partial charge on any atom is 0.120 e. The van der Waals surface area contributed by atoms with Crippen molar-refractivity contribution in [1.29, 1.82) is 0 Å². The molecule has 14 heavy (non-hydrogen) atoms. The molecule has 1 aliphatic rings. The molecule has 1 unspecified atom stereocenters. The summed E-state index contributed by atoms with van der Waals surface area (Å²) in [4.78, 5) is 0. The molecular formula is C12H15O2. The number of rotatable bonds is 4. The van der Waals surface area contributed by atoms with Crippen molar-refractivity contribution in [2.24, 2.45) is 5.92 Å². The summed E-state index contributed by atoms with van der Waals surface area (Å²) in [5.74, 6) is 2.39. The van der Waals surface area contributed by atoms with E-state index in [1.165, 1.54) is 12.8 Å². The van der Waals surface area contributed by atoms with Crippen LogP contribution >= 0.6 is 0 Å². The Morgan fingerprint density at radius 1 is 1.21 bits per heavy atom. The molecular weight excluding hydrogens is 176 g/mol. The van der Waals surface area contributed by atoms with Gasteiger partial charge in [-0.15, -0.1) is 0 Å². The van der Waals surface area contributed by atoms with Crippen molar-refractivity contribution in [3.63, 3.8) is 0 Å². The first kappa shape index (κ1) is 9.38. The van der Waals surface area contributed by atoms with Crippen LogP contribution in [-0.4, -0.2) is 13.2 Å². The van der Waals surface area contributed by atoms with Crippen LogP contribution in [0.4, 0.5) is 0 Å². The minimum atomic E-state index is 0.100. The molecule has 0 aromatic heterocycles. The van der Waals surface area contributed by atoms with Gasteiger partial charge < -0.3 is 9.47 Å². The summed E-state index contributed by atoms with van der Waals surface area (Å²) in [7, 11) is 1.66. The molecule has 1 radical (unpaired) electrons. The molecule has 0 N–H and O–H groups in total. The lowest BCUT2D eigenvalue weighted by molar-refractivity contribution is 0.223. The minimum absolute atomic E-state index is 0.100. The van der Waals surface area contributed by atoms with Gasteiger partial charge >= 0.3 is 0 Å². The molecule has 0 spiro atoms. The van der Waals surface area contributed by atoms with Crippen LogP contribution in [0.3, 0.4) is 0 Å². The number of hydrogen-bond acceptors (Lipinski definition) is 2. The van der Waals surface area contributed by atoms with E-state index in [9.17, 15) is 0 Å². The van der Waals surface area contributed by atoms with E-state index >= 15 is 0 Å². The molecule has 0 heterocycles. The fraction of sp³-hybridized carbons (Fsp3) is 0.417. The second-order valence-corrected chi connectivity index (χ2v) is 3.67. The molecule has 2 nitrogen and oxygen atoms in total. The summed E-state index contributed by atoms with van der Waals surface area (Å²) in [6.45, 7) is 3.98. The Morgan fingerprint density at radius 3 is 2.29 bits per heavy atom. The van der Waals surface area contributed by atoms with Gasteiger partial charge in [0.1, 0.15) is 17.6 Å². The van der Waals surface area contributed by atoms with Gasteiger partial charge in [0.05, 0.1) is 7.11 Å². The molecule has 0 amide bonds. The van der Waals surface area contributed by atoms with E-state index in [2.05, 4.69) is 6.92 Å². The third-order valence-corrected chi connectivity index (χ3v) is 2.49. The van der Waals surface area contributed by atoms with Crippen LogP contribution in [-0.2, 0) is 0 Å². The van der Waals surface area contributed by atoms with E-state index in [-0.39, 0.29) is 6.10 Å². The lowest BCUT2D eigenvalue weighted by atomic mass is 10.2. The van der Waals surface area contributed by atoms with Gasteiger partial charge in [0.2, 0.25) is 0 Å². The summed E-state index contributed by atoms with van der Waals surface area (Å²) in [6.07, 6.45) is 2.61. The highest BCUT2D eigenvalue weighted by Crippen LogP contribution is 2.34. The van der Waals surface area contributed by atoms with Crippen molar-refractivity contribution in [3.05, 3.63) is 31.2 Å². The second-order valence-electron chi connectivity index (χ2n) is 3.67. The molecule has 1 fully saturated rings. The Balaban J connectivity index is 1.95. The maximum absolute atomic E-state index is 5.67. The van der Waals surface area contributed by atoms with E-state index in [0.717, 1.165) is 11.5 Å². The summed E-state index contributed by atoms with van der Waals surface area (Å²) in [5, 5.41) is 0. The summed E-state index contributed by atoms with van der Waals surface area (Å²) < 4.78 is 10.7. The molecule has 1 saturated carbocycles. The first-order chi connectivity index (χ1) is 6.79. The van der Waals surface area contributed by atoms with Crippen molar-refractivity contribution in [2.45, 2.75) is 18.9 Å². The first-order valence-electron chi connectivity index (χ1n) is 4.93. The number of benzene rings is 1. The lowest BCUT2D eigenvalue weighted by Gasteiger charge is -2.13. The third kappa shape index (κ3) is 2.19. The van der Waals surface area contributed by atoms with Crippen LogP contribution < -0.4 is 9.47 Å². The van der Waals surface area contributed by atoms with Crippen LogP contribution in [0.25, 0.3) is 0 Å². The molecule has 75 valence electrons. The summed E-state index contributed by atoms with van der Waals surface area (Å²) in [6, 6.07) is 7.63. The van der Waals surface area contributed by atoms with E-state index in [0.29, 0.717) is 5.92 Å². The number of hydrogen-bond donors (Lipinski definition) is 0. The number of ether oxygens (including phenoxy) is 2. The van der Waals surface area contributed by atoms with Crippen LogP contribution in [0.1, 0.15) is 12.8 Å². The van der Waals surface area contributed by atoms with Crippen molar-refractivity contribution >= 4 is 0 Å². The topological polar surface area (TPSA) is 18.5 Å². The standard InChI is InChI=1S/C12H15O2/c1-9(10-3-4-10)14-12-7-5-11(13-2)6-8-12/h5-10H,1,3-4H2,2H3. The summed E-state index contributed by atoms with van der Waals surface area (Å²) >= 11 is 0. The third-order valence-electron chi connectivity index (χ3n) is 2.49. The van der Waals surface area contributed by atoms with Crippen molar-refractivity contribution in [1.82, 2.24) is 0 Å². The van der Waals surface area contributed by atoms with Crippen LogP contribution in [0.2, 0.25) is 0 Å². The van der Waals surface area contributed by atoms with Crippen molar-refractivity contribution < 1.29 is 9.47 Å². The zero-order valence-electron chi connectivity index (χ0n) is 8.40. The maximum atomic E-state index is 5.67.